The third-order valence-corrected chi connectivity index (χ3v) is 2.67. The summed E-state index contributed by atoms with van der Waals surface area (Å²) in [5.74, 6) is 0.877. The van der Waals surface area contributed by atoms with Crippen LogP contribution in [0.3, 0.4) is 0 Å². The lowest BCUT2D eigenvalue weighted by atomic mass is 9.69. The summed E-state index contributed by atoms with van der Waals surface area (Å²) >= 11 is 0. The van der Waals surface area contributed by atoms with Gasteiger partial charge in [0, 0.05) is 24.7 Å². The number of carbonyl (C=O) groups excluding carboxylic acids is 2. The van der Waals surface area contributed by atoms with Gasteiger partial charge in [-0.15, -0.1) is 0 Å². The Morgan fingerprint density at radius 2 is 1.30 bits per heavy atom. The van der Waals surface area contributed by atoms with Crippen molar-refractivity contribution in [3.8, 4) is 0 Å². The summed E-state index contributed by atoms with van der Waals surface area (Å²) in [6.45, 7) is 0. The number of hydrogen-bond acceptors (Lipinski definition) is 2. The third kappa shape index (κ3) is 0.713. The fraction of sp³-hybridized carbons (Fsp3) is 0.750. The molecular weight excluding hydrogens is 128 g/mol. The molecule has 3 fully saturated rings. The van der Waals surface area contributed by atoms with E-state index in [4.69, 9.17) is 0 Å². The lowest BCUT2D eigenvalue weighted by molar-refractivity contribution is -0.140. The van der Waals surface area contributed by atoms with E-state index >= 15 is 0 Å². The lowest BCUT2D eigenvalue weighted by Gasteiger charge is -2.32. The molecule has 2 bridgehead atoms. The van der Waals surface area contributed by atoms with E-state index in [0.717, 1.165) is 12.8 Å². The van der Waals surface area contributed by atoms with E-state index in [1.54, 1.807) is 0 Å². The molecule has 0 saturated heterocycles. The second-order valence-corrected chi connectivity index (χ2v) is 3.31. The quantitative estimate of drug-likeness (QED) is 0.499. The number of carbonyl (C=O) groups is 2. The molecule has 0 heterocycles. The Morgan fingerprint density at radius 3 is 1.50 bits per heavy atom. The largest absolute Gasteiger partial charge is 0.299 e. The molecule has 2 atom stereocenters. The molecular formula is C8H10O2. The van der Waals surface area contributed by atoms with Gasteiger partial charge in [0.1, 0.15) is 11.6 Å². The third-order valence-electron chi connectivity index (χ3n) is 2.67. The van der Waals surface area contributed by atoms with E-state index < -0.39 is 0 Å². The van der Waals surface area contributed by atoms with Crippen LogP contribution in [0, 0.1) is 11.8 Å². The Kier molecular flexibility index (Phi) is 1.16. The van der Waals surface area contributed by atoms with Crippen molar-refractivity contribution < 1.29 is 9.59 Å². The Morgan fingerprint density at radius 1 is 0.900 bits per heavy atom. The molecule has 10 heavy (non-hydrogen) atoms. The van der Waals surface area contributed by atoms with Crippen molar-refractivity contribution in [2.75, 3.05) is 0 Å². The second-order valence-electron chi connectivity index (χ2n) is 3.31. The summed E-state index contributed by atoms with van der Waals surface area (Å²) in [5.41, 5.74) is 0. The molecule has 3 saturated carbocycles. The van der Waals surface area contributed by atoms with Crippen molar-refractivity contribution in [2.24, 2.45) is 11.8 Å². The second kappa shape index (κ2) is 1.91. The molecule has 0 radical (unpaired) electrons. The zero-order valence-electron chi connectivity index (χ0n) is 5.80. The van der Waals surface area contributed by atoms with Crippen molar-refractivity contribution in [1.29, 1.82) is 0 Å². The van der Waals surface area contributed by atoms with E-state index in [9.17, 15) is 9.59 Å². The van der Waals surface area contributed by atoms with E-state index in [1.165, 1.54) is 0 Å². The normalized spacial score (nSPS) is 38.8. The number of fused-ring (bicyclic) bond motifs is 3. The predicted octanol–water partition coefficient (Wildman–Crippen LogP) is 0.945. The predicted molar refractivity (Wildman–Crippen MR) is 35.5 cm³/mol. The molecule has 3 aliphatic rings. The van der Waals surface area contributed by atoms with Gasteiger partial charge in [-0.25, -0.2) is 0 Å². The zero-order valence-corrected chi connectivity index (χ0v) is 5.80. The Balaban J connectivity index is 2.23. The molecule has 0 aromatic heterocycles. The molecule has 0 aliphatic heterocycles. The Labute approximate surface area is 59.6 Å². The first-order valence-electron chi connectivity index (χ1n) is 3.83. The Bertz CT molecular complexity index is 173. The molecule has 3 rings (SSSR count). The average Bonchev–Trinajstić information content (AvgIpc) is 1.91. The van der Waals surface area contributed by atoms with Crippen LogP contribution in [0.15, 0.2) is 0 Å². The van der Waals surface area contributed by atoms with E-state index in [1.807, 2.05) is 0 Å². The van der Waals surface area contributed by atoms with Gasteiger partial charge in [0.05, 0.1) is 0 Å². The van der Waals surface area contributed by atoms with Gasteiger partial charge in [0.15, 0.2) is 0 Å². The molecule has 2 heteroatoms. The van der Waals surface area contributed by atoms with Crippen LogP contribution in [0.1, 0.15) is 25.7 Å². The topological polar surface area (TPSA) is 34.1 Å². The highest BCUT2D eigenvalue weighted by Crippen LogP contribution is 2.36. The van der Waals surface area contributed by atoms with Gasteiger partial charge >= 0.3 is 0 Å². The van der Waals surface area contributed by atoms with Crippen LogP contribution in [0.2, 0.25) is 0 Å². The molecule has 0 aromatic carbocycles. The standard InChI is InChI=1S/C8H10O2/c9-7-4-6-2-1-5(7)3-8(6)10/h5-6H,1-4H2/t5-,6-/m0/s1. The summed E-state index contributed by atoms with van der Waals surface area (Å²) in [6.07, 6.45) is 3.03. The average molecular weight is 138 g/mol. The zero-order chi connectivity index (χ0) is 7.14. The minimum Gasteiger partial charge on any atom is -0.299 e. The van der Waals surface area contributed by atoms with Gasteiger partial charge in [-0.3, -0.25) is 9.59 Å². The smallest absolute Gasteiger partial charge is 0.137 e. The number of hydrogen-bond donors (Lipinski definition) is 0. The molecule has 3 aliphatic carbocycles. The summed E-state index contributed by atoms with van der Waals surface area (Å²) in [7, 11) is 0. The highest BCUT2D eigenvalue weighted by molar-refractivity contribution is 5.97. The van der Waals surface area contributed by atoms with Crippen LogP contribution < -0.4 is 0 Å². The van der Waals surface area contributed by atoms with E-state index in [2.05, 4.69) is 0 Å². The monoisotopic (exact) mass is 138 g/mol. The number of ketones is 2. The summed E-state index contributed by atoms with van der Waals surface area (Å²) < 4.78 is 0. The molecule has 0 N–H and O–H groups in total. The van der Waals surface area contributed by atoms with Gasteiger partial charge in [-0.1, -0.05) is 0 Å². The first-order valence-corrected chi connectivity index (χ1v) is 3.83. The highest BCUT2D eigenvalue weighted by atomic mass is 16.1. The lowest BCUT2D eigenvalue weighted by Crippen LogP contribution is -2.37. The summed E-state index contributed by atoms with van der Waals surface area (Å²) in [4.78, 5) is 22.1. The molecule has 2 nitrogen and oxygen atoms in total. The fourth-order valence-electron chi connectivity index (χ4n) is 1.98. The van der Waals surface area contributed by atoms with Crippen LogP contribution in [-0.2, 0) is 9.59 Å². The van der Waals surface area contributed by atoms with Gasteiger partial charge in [-0.05, 0) is 12.8 Å². The first kappa shape index (κ1) is 6.08. The number of Topliss-reactive ketones (excluding diaryl/α,β-unsaturated/α-hetero) is 2. The van der Waals surface area contributed by atoms with Crippen LogP contribution in [0.4, 0.5) is 0 Å². The van der Waals surface area contributed by atoms with Gasteiger partial charge in [0.2, 0.25) is 0 Å². The highest BCUT2D eigenvalue weighted by Gasteiger charge is 2.39. The van der Waals surface area contributed by atoms with Crippen LogP contribution in [-0.4, -0.2) is 11.6 Å². The molecule has 0 spiro atoms. The maximum atomic E-state index is 11.0. The van der Waals surface area contributed by atoms with Crippen molar-refractivity contribution in [2.45, 2.75) is 25.7 Å². The minimum absolute atomic E-state index is 0.109. The minimum atomic E-state index is 0.109. The van der Waals surface area contributed by atoms with Crippen LogP contribution in [0.25, 0.3) is 0 Å². The first-order chi connectivity index (χ1) is 4.77. The van der Waals surface area contributed by atoms with Crippen molar-refractivity contribution in [3.63, 3.8) is 0 Å². The fourth-order valence-corrected chi connectivity index (χ4v) is 1.98. The van der Waals surface area contributed by atoms with Crippen molar-refractivity contribution in [1.82, 2.24) is 0 Å². The van der Waals surface area contributed by atoms with Gasteiger partial charge in [0.25, 0.3) is 0 Å². The Hall–Kier alpha value is -0.660. The number of rotatable bonds is 0. The maximum absolute atomic E-state index is 11.0. The molecule has 0 amide bonds. The van der Waals surface area contributed by atoms with Crippen LogP contribution >= 0.6 is 0 Å². The SMILES string of the molecule is O=C1C[C@@H]2CC[C@H]1CC2=O. The van der Waals surface area contributed by atoms with E-state index in [0.29, 0.717) is 24.4 Å². The van der Waals surface area contributed by atoms with Gasteiger partial charge < -0.3 is 0 Å². The van der Waals surface area contributed by atoms with Crippen LogP contribution in [0.5, 0.6) is 0 Å². The van der Waals surface area contributed by atoms with Crippen molar-refractivity contribution >= 4 is 11.6 Å². The van der Waals surface area contributed by atoms with E-state index in [-0.39, 0.29) is 11.8 Å². The molecule has 54 valence electrons. The summed E-state index contributed by atoms with van der Waals surface area (Å²) in [5, 5.41) is 0. The molecule has 0 aromatic rings. The van der Waals surface area contributed by atoms with Gasteiger partial charge in [-0.2, -0.15) is 0 Å². The summed E-state index contributed by atoms with van der Waals surface area (Å²) in [6, 6.07) is 0. The maximum Gasteiger partial charge on any atom is 0.137 e. The molecule has 0 unspecified atom stereocenters. The van der Waals surface area contributed by atoms with Crippen molar-refractivity contribution in [3.05, 3.63) is 0 Å².